The molecule has 0 radical (unpaired) electrons. The minimum Gasteiger partial charge on any atom is -0.395 e. The molecule has 1 unspecified atom stereocenters. The molecule has 0 aliphatic heterocycles. The standard InChI is InChI=1S/C14H18N2OS/c1-10(15-8-9-17)13-11(2)16-14(18-13)12-6-4-3-5-7-12/h3-7,10,15,17H,8-9H2,1-2H3. The summed E-state index contributed by atoms with van der Waals surface area (Å²) in [4.78, 5) is 5.86. The predicted octanol–water partition coefficient (Wildman–Crippen LogP) is 2.76. The molecule has 2 N–H and O–H groups in total. The number of aliphatic hydroxyl groups excluding tert-OH is 1. The Morgan fingerprint density at radius 3 is 2.72 bits per heavy atom. The number of nitrogens with one attached hydrogen (secondary N) is 1. The van der Waals surface area contributed by atoms with E-state index in [1.807, 2.05) is 25.1 Å². The number of hydrogen-bond acceptors (Lipinski definition) is 4. The molecule has 0 aliphatic carbocycles. The lowest BCUT2D eigenvalue weighted by Crippen LogP contribution is -2.21. The zero-order valence-corrected chi connectivity index (χ0v) is 11.5. The monoisotopic (exact) mass is 262 g/mol. The van der Waals surface area contributed by atoms with Gasteiger partial charge in [0, 0.05) is 23.0 Å². The SMILES string of the molecule is Cc1nc(-c2ccccc2)sc1C(C)NCCO. The maximum atomic E-state index is 8.84. The van der Waals surface area contributed by atoms with E-state index in [-0.39, 0.29) is 12.6 Å². The fourth-order valence-electron chi connectivity index (χ4n) is 1.89. The summed E-state index contributed by atoms with van der Waals surface area (Å²) in [6.07, 6.45) is 0. The van der Waals surface area contributed by atoms with Crippen molar-refractivity contribution in [2.45, 2.75) is 19.9 Å². The summed E-state index contributed by atoms with van der Waals surface area (Å²) in [5.74, 6) is 0. The first kappa shape index (κ1) is 13.2. The molecular weight excluding hydrogens is 244 g/mol. The summed E-state index contributed by atoms with van der Waals surface area (Å²) >= 11 is 1.72. The minimum atomic E-state index is 0.160. The molecule has 0 saturated carbocycles. The first-order valence-electron chi connectivity index (χ1n) is 6.09. The van der Waals surface area contributed by atoms with Crippen LogP contribution in [0.15, 0.2) is 30.3 Å². The van der Waals surface area contributed by atoms with Crippen LogP contribution < -0.4 is 5.32 Å². The Kier molecular flexibility index (Phi) is 4.47. The van der Waals surface area contributed by atoms with Crippen molar-refractivity contribution >= 4 is 11.3 Å². The van der Waals surface area contributed by atoms with E-state index in [1.165, 1.54) is 4.88 Å². The molecule has 4 heteroatoms. The maximum absolute atomic E-state index is 8.84. The molecule has 0 spiro atoms. The predicted molar refractivity (Wildman–Crippen MR) is 75.8 cm³/mol. The van der Waals surface area contributed by atoms with E-state index >= 15 is 0 Å². The molecule has 2 aromatic rings. The topological polar surface area (TPSA) is 45.2 Å². The van der Waals surface area contributed by atoms with Crippen LogP contribution in [0.5, 0.6) is 0 Å². The second-order valence-corrected chi connectivity index (χ2v) is 5.26. The second kappa shape index (κ2) is 6.09. The largest absolute Gasteiger partial charge is 0.395 e. The number of nitrogens with zero attached hydrogens (tertiary/aromatic N) is 1. The van der Waals surface area contributed by atoms with Crippen molar-refractivity contribution in [1.29, 1.82) is 0 Å². The van der Waals surface area contributed by atoms with Crippen molar-refractivity contribution in [3.63, 3.8) is 0 Å². The number of rotatable bonds is 5. The van der Waals surface area contributed by atoms with E-state index in [4.69, 9.17) is 5.11 Å². The molecule has 96 valence electrons. The van der Waals surface area contributed by atoms with Crippen LogP contribution in [0.1, 0.15) is 23.5 Å². The highest BCUT2D eigenvalue weighted by atomic mass is 32.1. The fraction of sp³-hybridized carbons (Fsp3) is 0.357. The van der Waals surface area contributed by atoms with Gasteiger partial charge in [0.05, 0.1) is 12.3 Å². The van der Waals surface area contributed by atoms with E-state index in [1.54, 1.807) is 11.3 Å². The van der Waals surface area contributed by atoms with Crippen LogP contribution in [-0.2, 0) is 0 Å². The van der Waals surface area contributed by atoms with Crippen LogP contribution in [0, 0.1) is 6.92 Å². The van der Waals surface area contributed by atoms with E-state index in [0.29, 0.717) is 6.54 Å². The Hall–Kier alpha value is -1.23. The van der Waals surface area contributed by atoms with Crippen molar-refractivity contribution < 1.29 is 5.11 Å². The average molecular weight is 262 g/mol. The highest BCUT2D eigenvalue weighted by Crippen LogP contribution is 2.31. The summed E-state index contributed by atoms with van der Waals surface area (Å²) < 4.78 is 0. The van der Waals surface area contributed by atoms with Gasteiger partial charge in [0.25, 0.3) is 0 Å². The van der Waals surface area contributed by atoms with Gasteiger partial charge in [-0.2, -0.15) is 0 Å². The quantitative estimate of drug-likeness (QED) is 0.871. The molecular formula is C14H18N2OS. The Balaban J connectivity index is 2.22. The summed E-state index contributed by atoms with van der Waals surface area (Å²) in [5, 5.41) is 13.2. The van der Waals surface area contributed by atoms with Gasteiger partial charge >= 0.3 is 0 Å². The Labute approximate surface area is 112 Å². The van der Waals surface area contributed by atoms with Crippen molar-refractivity contribution in [2.24, 2.45) is 0 Å². The molecule has 18 heavy (non-hydrogen) atoms. The van der Waals surface area contributed by atoms with E-state index < -0.39 is 0 Å². The fourth-order valence-corrected chi connectivity index (χ4v) is 2.99. The third-order valence-corrected chi connectivity index (χ3v) is 4.20. The normalized spacial score (nSPS) is 12.6. The van der Waals surface area contributed by atoms with Crippen LogP contribution in [-0.4, -0.2) is 23.2 Å². The maximum Gasteiger partial charge on any atom is 0.123 e. The number of thiazole rings is 1. The zero-order chi connectivity index (χ0) is 13.0. The molecule has 1 heterocycles. The van der Waals surface area contributed by atoms with Gasteiger partial charge in [0.2, 0.25) is 0 Å². The Morgan fingerprint density at radius 2 is 2.06 bits per heavy atom. The van der Waals surface area contributed by atoms with Gasteiger partial charge in [0.1, 0.15) is 5.01 Å². The summed E-state index contributed by atoms with van der Waals surface area (Å²) in [6, 6.07) is 10.4. The molecule has 1 atom stereocenters. The molecule has 0 aliphatic rings. The van der Waals surface area contributed by atoms with Crippen LogP contribution in [0.3, 0.4) is 0 Å². The molecule has 0 amide bonds. The number of aromatic nitrogens is 1. The van der Waals surface area contributed by atoms with E-state index in [0.717, 1.165) is 16.3 Å². The lowest BCUT2D eigenvalue weighted by Gasteiger charge is -2.10. The van der Waals surface area contributed by atoms with Crippen LogP contribution in [0.4, 0.5) is 0 Å². The summed E-state index contributed by atoms with van der Waals surface area (Å²) in [7, 11) is 0. The van der Waals surface area contributed by atoms with E-state index in [9.17, 15) is 0 Å². The molecule has 1 aromatic heterocycles. The minimum absolute atomic E-state index is 0.160. The number of aryl methyl sites for hydroxylation is 1. The van der Waals surface area contributed by atoms with Gasteiger partial charge in [-0.3, -0.25) is 0 Å². The number of hydrogen-bond donors (Lipinski definition) is 2. The lowest BCUT2D eigenvalue weighted by molar-refractivity contribution is 0.286. The van der Waals surface area contributed by atoms with Gasteiger partial charge in [-0.25, -0.2) is 4.98 Å². The molecule has 2 rings (SSSR count). The number of aliphatic hydroxyl groups is 1. The van der Waals surface area contributed by atoms with Gasteiger partial charge in [-0.15, -0.1) is 11.3 Å². The highest BCUT2D eigenvalue weighted by molar-refractivity contribution is 7.15. The van der Waals surface area contributed by atoms with Crippen molar-refractivity contribution in [3.8, 4) is 10.6 Å². The van der Waals surface area contributed by atoms with Gasteiger partial charge in [-0.1, -0.05) is 30.3 Å². The molecule has 0 bridgehead atoms. The van der Waals surface area contributed by atoms with Gasteiger partial charge in [0.15, 0.2) is 0 Å². The highest BCUT2D eigenvalue weighted by Gasteiger charge is 2.14. The Bertz CT molecular complexity index is 496. The molecule has 0 saturated heterocycles. The molecule has 0 fully saturated rings. The van der Waals surface area contributed by atoms with Crippen molar-refractivity contribution in [2.75, 3.05) is 13.2 Å². The first-order valence-corrected chi connectivity index (χ1v) is 6.91. The van der Waals surface area contributed by atoms with Gasteiger partial charge in [-0.05, 0) is 13.8 Å². The molecule has 3 nitrogen and oxygen atoms in total. The zero-order valence-electron chi connectivity index (χ0n) is 10.7. The second-order valence-electron chi connectivity index (χ2n) is 4.23. The van der Waals surface area contributed by atoms with Crippen LogP contribution in [0.25, 0.3) is 10.6 Å². The smallest absolute Gasteiger partial charge is 0.123 e. The third kappa shape index (κ3) is 2.96. The van der Waals surface area contributed by atoms with Crippen LogP contribution in [0.2, 0.25) is 0 Å². The van der Waals surface area contributed by atoms with E-state index in [2.05, 4.69) is 29.4 Å². The Morgan fingerprint density at radius 1 is 1.33 bits per heavy atom. The van der Waals surface area contributed by atoms with Crippen molar-refractivity contribution in [1.82, 2.24) is 10.3 Å². The number of benzene rings is 1. The van der Waals surface area contributed by atoms with Crippen LogP contribution >= 0.6 is 11.3 Å². The average Bonchev–Trinajstić information content (AvgIpc) is 2.79. The summed E-state index contributed by atoms with van der Waals surface area (Å²) in [5.41, 5.74) is 2.23. The van der Waals surface area contributed by atoms with Gasteiger partial charge < -0.3 is 10.4 Å². The summed E-state index contributed by atoms with van der Waals surface area (Å²) in [6.45, 7) is 4.91. The molecule has 1 aromatic carbocycles. The first-order chi connectivity index (χ1) is 8.72. The lowest BCUT2D eigenvalue weighted by atomic mass is 10.2. The van der Waals surface area contributed by atoms with Crippen molar-refractivity contribution in [3.05, 3.63) is 40.9 Å². The third-order valence-electron chi connectivity index (χ3n) is 2.81.